The molecule has 0 atom stereocenters. The van der Waals surface area contributed by atoms with E-state index in [0.29, 0.717) is 34.6 Å². The summed E-state index contributed by atoms with van der Waals surface area (Å²) in [5.74, 6) is -0.0625. The number of hydrogen-bond donors (Lipinski definition) is 2. The highest BCUT2D eigenvalue weighted by atomic mass is 32.2. The third kappa shape index (κ3) is 6.53. The van der Waals surface area contributed by atoms with Crippen LogP contribution in [0.15, 0.2) is 59.8 Å². The summed E-state index contributed by atoms with van der Waals surface area (Å²) in [7, 11) is 0. The molecule has 0 aliphatic heterocycles. The van der Waals surface area contributed by atoms with Crippen LogP contribution >= 0.6 is 23.1 Å². The van der Waals surface area contributed by atoms with Gasteiger partial charge in [-0.1, -0.05) is 54.2 Å². The maximum Gasteiger partial charge on any atom is 0.254 e. The number of anilines is 1. The molecular weight excluding hydrogens is 549 g/mol. The predicted molar refractivity (Wildman–Crippen MR) is 154 cm³/mol. The van der Waals surface area contributed by atoms with Gasteiger partial charge in [0.05, 0.1) is 11.3 Å². The molecular formula is C29H30FN5O3S2. The van der Waals surface area contributed by atoms with Crippen LogP contribution in [0.5, 0.6) is 5.75 Å². The standard InChI is InChI=1S/C29H30FN5O3S2/c1-2-35-24(17-38-22-14-8-7-13-21(22)30)33-34-29(35)39-18-25(36)32-28-26(20-12-6-9-15-23(20)40-28)27(37)31-16-19-10-4-3-5-11-19/h3-5,7-8,10-11,13-14H,2,6,9,12,15-18H2,1H3,(H,31,37)(H,32,36). The Morgan fingerprint density at radius 2 is 1.85 bits per heavy atom. The summed E-state index contributed by atoms with van der Waals surface area (Å²) in [6.07, 6.45) is 3.86. The van der Waals surface area contributed by atoms with Crippen LogP contribution in [0.25, 0.3) is 0 Å². The molecule has 0 saturated carbocycles. The van der Waals surface area contributed by atoms with Gasteiger partial charge >= 0.3 is 0 Å². The molecule has 0 fully saturated rings. The van der Waals surface area contributed by atoms with Gasteiger partial charge in [0.1, 0.15) is 11.6 Å². The van der Waals surface area contributed by atoms with Crippen LogP contribution in [0.3, 0.4) is 0 Å². The summed E-state index contributed by atoms with van der Waals surface area (Å²) < 4.78 is 21.3. The molecule has 0 saturated heterocycles. The van der Waals surface area contributed by atoms with Gasteiger partial charge in [-0.25, -0.2) is 4.39 Å². The van der Waals surface area contributed by atoms with Gasteiger partial charge in [-0.2, -0.15) is 0 Å². The molecule has 0 spiro atoms. The van der Waals surface area contributed by atoms with Crippen LogP contribution in [-0.4, -0.2) is 32.3 Å². The van der Waals surface area contributed by atoms with Gasteiger partial charge in [-0.15, -0.1) is 21.5 Å². The molecule has 0 unspecified atom stereocenters. The number of amides is 2. The number of rotatable bonds is 11. The van der Waals surface area contributed by atoms with Crippen molar-refractivity contribution in [3.63, 3.8) is 0 Å². The van der Waals surface area contributed by atoms with Crippen molar-refractivity contribution in [2.45, 2.75) is 57.5 Å². The zero-order chi connectivity index (χ0) is 27.9. The summed E-state index contributed by atoms with van der Waals surface area (Å²) in [6, 6.07) is 15.9. The molecule has 208 valence electrons. The van der Waals surface area contributed by atoms with Crippen LogP contribution in [0.2, 0.25) is 0 Å². The van der Waals surface area contributed by atoms with E-state index in [4.69, 9.17) is 4.74 Å². The number of benzene rings is 2. The van der Waals surface area contributed by atoms with E-state index in [9.17, 15) is 14.0 Å². The molecule has 2 aromatic carbocycles. The number of ether oxygens (including phenoxy) is 1. The Hall–Kier alpha value is -3.70. The number of aryl methyl sites for hydroxylation is 1. The Kier molecular flexibility index (Phi) is 9.12. The number of thiophene rings is 1. The fourth-order valence-electron chi connectivity index (χ4n) is 4.61. The number of halogens is 1. The Morgan fingerprint density at radius 3 is 2.65 bits per heavy atom. The Bertz CT molecular complexity index is 1490. The lowest BCUT2D eigenvalue weighted by atomic mass is 9.95. The van der Waals surface area contributed by atoms with E-state index in [2.05, 4.69) is 20.8 Å². The Morgan fingerprint density at radius 1 is 1.07 bits per heavy atom. The van der Waals surface area contributed by atoms with Crippen molar-refractivity contribution in [1.82, 2.24) is 20.1 Å². The summed E-state index contributed by atoms with van der Waals surface area (Å²) in [5.41, 5.74) is 2.65. The lowest BCUT2D eigenvalue weighted by molar-refractivity contribution is -0.113. The Balaban J connectivity index is 1.23. The number of nitrogens with zero attached hydrogens (tertiary/aromatic N) is 3. The number of carbonyl (C=O) groups is 2. The number of thioether (sulfide) groups is 1. The quantitative estimate of drug-likeness (QED) is 0.224. The minimum atomic E-state index is -0.445. The van der Waals surface area contributed by atoms with Crippen molar-refractivity contribution in [3.05, 3.63) is 87.8 Å². The first-order valence-electron chi connectivity index (χ1n) is 13.2. The van der Waals surface area contributed by atoms with E-state index in [1.165, 1.54) is 34.0 Å². The van der Waals surface area contributed by atoms with Crippen molar-refractivity contribution in [2.75, 3.05) is 11.1 Å². The monoisotopic (exact) mass is 579 g/mol. The second-order valence-electron chi connectivity index (χ2n) is 9.28. The molecule has 2 amide bonds. The topological polar surface area (TPSA) is 98.1 Å². The number of para-hydroxylation sites is 1. The lowest BCUT2D eigenvalue weighted by Gasteiger charge is -2.13. The van der Waals surface area contributed by atoms with Gasteiger partial charge in [0.2, 0.25) is 5.91 Å². The zero-order valence-corrected chi connectivity index (χ0v) is 23.7. The fourth-order valence-corrected chi connectivity index (χ4v) is 6.73. The normalized spacial score (nSPS) is 12.6. The highest BCUT2D eigenvalue weighted by molar-refractivity contribution is 7.99. The molecule has 0 bridgehead atoms. The molecule has 0 radical (unpaired) electrons. The molecule has 8 nitrogen and oxygen atoms in total. The van der Waals surface area contributed by atoms with Crippen LogP contribution in [-0.2, 0) is 37.3 Å². The van der Waals surface area contributed by atoms with E-state index in [-0.39, 0.29) is 29.9 Å². The first-order valence-corrected chi connectivity index (χ1v) is 15.0. The molecule has 2 aromatic heterocycles. The van der Waals surface area contributed by atoms with Crippen LogP contribution < -0.4 is 15.4 Å². The van der Waals surface area contributed by atoms with E-state index in [1.54, 1.807) is 18.2 Å². The smallest absolute Gasteiger partial charge is 0.254 e. The number of carbonyl (C=O) groups excluding carboxylic acids is 2. The SMILES string of the molecule is CCn1c(COc2ccccc2F)nnc1SCC(=O)Nc1sc2c(c1C(=O)NCc1ccccc1)CCCC2. The van der Waals surface area contributed by atoms with Crippen molar-refractivity contribution in [1.29, 1.82) is 0 Å². The van der Waals surface area contributed by atoms with Crippen molar-refractivity contribution in [3.8, 4) is 5.75 Å². The maximum absolute atomic E-state index is 13.9. The highest BCUT2D eigenvalue weighted by Gasteiger charge is 2.26. The van der Waals surface area contributed by atoms with E-state index in [0.717, 1.165) is 36.8 Å². The lowest BCUT2D eigenvalue weighted by Crippen LogP contribution is -2.25. The average molecular weight is 580 g/mol. The van der Waals surface area contributed by atoms with Gasteiger partial charge < -0.3 is 19.9 Å². The molecule has 40 heavy (non-hydrogen) atoms. The second-order valence-corrected chi connectivity index (χ2v) is 11.3. The molecule has 11 heteroatoms. The number of hydrogen-bond acceptors (Lipinski definition) is 7. The number of aromatic nitrogens is 3. The van der Waals surface area contributed by atoms with E-state index in [1.807, 2.05) is 41.8 Å². The van der Waals surface area contributed by atoms with E-state index >= 15 is 0 Å². The van der Waals surface area contributed by atoms with Crippen LogP contribution in [0.4, 0.5) is 9.39 Å². The van der Waals surface area contributed by atoms with Crippen LogP contribution in [0, 0.1) is 5.82 Å². The van der Waals surface area contributed by atoms with Crippen molar-refractivity contribution < 1.29 is 18.7 Å². The zero-order valence-electron chi connectivity index (χ0n) is 22.1. The van der Waals surface area contributed by atoms with Crippen LogP contribution in [0.1, 0.15) is 52.0 Å². The molecule has 4 aromatic rings. The number of fused-ring (bicyclic) bond motifs is 1. The fraction of sp³-hybridized carbons (Fsp3) is 0.310. The third-order valence-electron chi connectivity index (χ3n) is 6.58. The molecule has 1 aliphatic carbocycles. The third-order valence-corrected chi connectivity index (χ3v) is 8.76. The predicted octanol–water partition coefficient (Wildman–Crippen LogP) is 5.62. The summed E-state index contributed by atoms with van der Waals surface area (Å²) >= 11 is 2.75. The van der Waals surface area contributed by atoms with Crippen molar-refractivity contribution >= 4 is 39.9 Å². The molecule has 2 heterocycles. The van der Waals surface area contributed by atoms with Gasteiger partial charge in [-0.3, -0.25) is 9.59 Å². The molecule has 5 rings (SSSR count). The summed E-state index contributed by atoms with van der Waals surface area (Å²) in [4.78, 5) is 27.5. The largest absolute Gasteiger partial charge is 0.483 e. The van der Waals surface area contributed by atoms with E-state index < -0.39 is 5.82 Å². The summed E-state index contributed by atoms with van der Waals surface area (Å²) in [6.45, 7) is 2.98. The van der Waals surface area contributed by atoms with Gasteiger partial charge in [0.15, 0.2) is 22.5 Å². The van der Waals surface area contributed by atoms with Crippen molar-refractivity contribution in [2.24, 2.45) is 0 Å². The maximum atomic E-state index is 13.9. The second kappa shape index (κ2) is 13.1. The Labute approximate surface area is 240 Å². The first kappa shape index (κ1) is 27.9. The van der Waals surface area contributed by atoms with Gasteiger partial charge in [-0.05, 0) is 55.9 Å². The minimum absolute atomic E-state index is 0.0523. The highest BCUT2D eigenvalue weighted by Crippen LogP contribution is 2.38. The number of nitrogens with one attached hydrogen (secondary N) is 2. The first-order chi connectivity index (χ1) is 19.5. The molecule has 1 aliphatic rings. The average Bonchev–Trinajstić information content (AvgIpc) is 3.55. The molecule has 2 N–H and O–H groups in total. The van der Waals surface area contributed by atoms with Gasteiger partial charge in [0.25, 0.3) is 5.91 Å². The summed E-state index contributed by atoms with van der Waals surface area (Å²) in [5, 5.41) is 15.6. The minimum Gasteiger partial charge on any atom is -0.483 e. The van der Waals surface area contributed by atoms with Gasteiger partial charge in [0, 0.05) is 18.0 Å².